The first kappa shape index (κ1) is 13.6. The SMILES string of the molecule is CC(CI)C(=O)OCCN1CCSCC1. The molecular formula is C10H18INO2S. The molecule has 1 atom stereocenters. The summed E-state index contributed by atoms with van der Waals surface area (Å²) in [5.41, 5.74) is 0. The zero-order valence-corrected chi connectivity index (χ0v) is 12.1. The molecule has 0 radical (unpaired) electrons. The normalized spacial score (nSPS) is 19.9. The van der Waals surface area contributed by atoms with Crippen LogP contribution in [0.3, 0.4) is 0 Å². The first-order valence-electron chi connectivity index (χ1n) is 5.26. The van der Waals surface area contributed by atoms with Gasteiger partial charge in [0.2, 0.25) is 0 Å². The Kier molecular flexibility index (Phi) is 7.00. The molecule has 5 heteroatoms. The molecule has 1 unspecified atom stereocenters. The van der Waals surface area contributed by atoms with E-state index in [1.807, 2.05) is 18.7 Å². The van der Waals surface area contributed by atoms with Crippen LogP contribution in [0.1, 0.15) is 6.92 Å². The van der Waals surface area contributed by atoms with Crippen LogP contribution < -0.4 is 0 Å². The third-order valence-corrected chi connectivity index (χ3v) is 4.65. The van der Waals surface area contributed by atoms with Crippen molar-refractivity contribution in [1.82, 2.24) is 4.90 Å². The van der Waals surface area contributed by atoms with E-state index in [0.29, 0.717) is 6.61 Å². The molecule has 0 aliphatic carbocycles. The van der Waals surface area contributed by atoms with Gasteiger partial charge in [-0.2, -0.15) is 11.8 Å². The van der Waals surface area contributed by atoms with Crippen molar-refractivity contribution in [2.24, 2.45) is 5.92 Å². The molecule has 0 bridgehead atoms. The number of carbonyl (C=O) groups excluding carboxylic acids is 1. The molecule has 0 saturated carbocycles. The number of nitrogens with zero attached hydrogens (tertiary/aromatic N) is 1. The van der Waals surface area contributed by atoms with Crippen LogP contribution in [0.5, 0.6) is 0 Å². The minimum atomic E-state index is -0.0595. The lowest BCUT2D eigenvalue weighted by Gasteiger charge is -2.25. The van der Waals surface area contributed by atoms with Gasteiger partial charge in [0.05, 0.1) is 5.92 Å². The Balaban J connectivity index is 2.07. The Morgan fingerprint density at radius 1 is 1.53 bits per heavy atom. The van der Waals surface area contributed by atoms with Gasteiger partial charge in [-0.3, -0.25) is 9.69 Å². The molecule has 0 aromatic carbocycles. The second-order valence-corrected chi connectivity index (χ2v) is 5.78. The van der Waals surface area contributed by atoms with Gasteiger partial charge in [-0.1, -0.05) is 29.5 Å². The number of halogens is 1. The summed E-state index contributed by atoms with van der Waals surface area (Å²) < 4.78 is 6.04. The third kappa shape index (κ3) is 5.40. The van der Waals surface area contributed by atoms with Crippen LogP contribution in [-0.2, 0) is 9.53 Å². The largest absolute Gasteiger partial charge is 0.464 e. The van der Waals surface area contributed by atoms with Crippen molar-refractivity contribution in [1.29, 1.82) is 0 Å². The standard InChI is InChI=1S/C10H18INO2S/c1-9(8-11)10(13)14-5-2-12-3-6-15-7-4-12/h9H,2-8H2,1H3. The smallest absolute Gasteiger partial charge is 0.309 e. The minimum Gasteiger partial charge on any atom is -0.464 e. The number of hydrogen-bond donors (Lipinski definition) is 0. The molecule has 88 valence electrons. The molecule has 15 heavy (non-hydrogen) atoms. The van der Waals surface area contributed by atoms with E-state index in [4.69, 9.17) is 4.74 Å². The molecule has 1 aliphatic rings. The lowest BCUT2D eigenvalue weighted by Crippen LogP contribution is -2.35. The molecule has 1 fully saturated rings. The third-order valence-electron chi connectivity index (χ3n) is 2.39. The fourth-order valence-electron chi connectivity index (χ4n) is 1.31. The van der Waals surface area contributed by atoms with E-state index < -0.39 is 0 Å². The van der Waals surface area contributed by atoms with Crippen LogP contribution in [0.25, 0.3) is 0 Å². The Morgan fingerprint density at radius 2 is 2.20 bits per heavy atom. The highest BCUT2D eigenvalue weighted by Crippen LogP contribution is 2.08. The number of rotatable bonds is 5. The summed E-state index contributed by atoms with van der Waals surface area (Å²) in [7, 11) is 0. The first-order valence-corrected chi connectivity index (χ1v) is 7.94. The number of thioether (sulfide) groups is 1. The van der Waals surface area contributed by atoms with Crippen molar-refractivity contribution < 1.29 is 9.53 Å². The predicted molar refractivity (Wildman–Crippen MR) is 72.8 cm³/mol. The number of alkyl halides is 1. The van der Waals surface area contributed by atoms with E-state index in [-0.39, 0.29) is 11.9 Å². The van der Waals surface area contributed by atoms with Crippen molar-refractivity contribution in [2.75, 3.05) is 42.2 Å². The van der Waals surface area contributed by atoms with Gasteiger partial charge in [0.25, 0.3) is 0 Å². The zero-order chi connectivity index (χ0) is 11.1. The quantitative estimate of drug-likeness (QED) is 0.431. The van der Waals surface area contributed by atoms with E-state index in [1.54, 1.807) is 0 Å². The summed E-state index contributed by atoms with van der Waals surface area (Å²) in [6.07, 6.45) is 0. The van der Waals surface area contributed by atoms with Crippen LogP contribution in [0.15, 0.2) is 0 Å². The van der Waals surface area contributed by atoms with Gasteiger partial charge in [0.15, 0.2) is 0 Å². The molecule has 3 nitrogen and oxygen atoms in total. The molecule has 1 saturated heterocycles. The van der Waals surface area contributed by atoms with Crippen molar-refractivity contribution in [3.8, 4) is 0 Å². The van der Waals surface area contributed by atoms with E-state index in [2.05, 4.69) is 27.5 Å². The molecule has 1 aliphatic heterocycles. The van der Waals surface area contributed by atoms with Gasteiger partial charge >= 0.3 is 5.97 Å². The molecule has 1 rings (SSSR count). The van der Waals surface area contributed by atoms with E-state index in [1.165, 1.54) is 11.5 Å². The summed E-state index contributed by atoms with van der Waals surface area (Å²) in [6, 6.07) is 0. The summed E-state index contributed by atoms with van der Waals surface area (Å²) in [5, 5.41) is 0. The zero-order valence-electron chi connectivity index (χ0n) is 9.08. The summed E-state index contributed by atoms with van der Waals surface area (Å²) in [5.74, 6) is 2.38. The van der Waals surface area contributed by atoms with Gasteiger partial charge in [0, 0.05) is 35.6 Å². The average molecular weight is 343 g/mol. The Morgan fingerprint density at radius 3 is 2.80 bits per heavy atom. The predicted octanol–water partition coefficient (Wildman–Crippen LogP) is 1.65. The topological polar surface area (TPSA) is 29.5 Å². The fourth-order valence-corrected chi connectivity index (χ4v) is 2.64. The maximum absolute atomic E-state index is 11.4. The van der Waals surface area contributed by atoms with E-state index in [0.717, 1.165) is 24.1 Å². The fraction of sp³-hybridized carbons (Fsp3) is 0.900. The number of hydrogen-bond acceptors (Lipinski definition) is 4. The molecule has 0 N–H and O–H groups in total. The lowest BCUT2D eigenvalue weighted by molar-refractivity contribution is -0.147. The summed E-state index contributed by atoms with van der Waals surface area (Å²) in [4.78, 5) is 13.7. The van der Waals surface area contributed by atoms with Crippen LogP contribution >= 0.6 is 34.4 Å². The summed E-state index contributed by atoms with van der Waals surface area (Å²) >= 11 is 4.21. The first-order chi connectivity index (χ1) is 7.24. The van der Waals surface area contributed by atoms with Crippen molar-refractivity contribution in [3.63, 3.8) is 0 Å². The van der Waals surface area contributed by atoms with Gasteiger partial charge in [-0.05, 0) is 0 Å². The highest BCUT2D eigenvalue weighted by molar-refractivity contribution is 14.1. The highest BCUT2D eigenvalue weighted by Gasteiger charge is 2.14. The maximum atomic E-state index is 11.4. The molecule has 0 amide bonds. The monoisotopic (exact) mass is 343 g/mol. The van der Waals surface area contributed by atoms with Crippen molar-refractivity contribution in [2.45, 2.75) is 6.92 Å². The molecule has 0 aromatic rings. The average Bonchev–Trinajstić information content (AvgIpc) is 2.29. The van der Waals surface area contributed by atoms with Crippen molar-refractivity contribution >= 4 is 40.3 Å². The lowest BCUT2D eigenvalue weighted by atomic mass is 10.2. The Bertz CT molecular complexity index is 198. The number of ether oxygens (including phenoxy) is 1. The van der Waals surface area contributed by atoms with Crippen LogP contribution in [0, 0.1) is 5.92 Å². The van der Waals surface area contributed by atoms with Crippen molar-refractivity contribution in [3.05, 3.63) is 0 Å². The van der Waals surface area contributed by atoms with Gasteiger partial charge < -0.3 is 4.74 Å². The summed E-state index contributed by atoms with van der Waals surface area (Å²) in [6.45, 7) is 5.60. The van der Waals surface area contributed by atoms with Gasteiger partial charge in [-0.15, -0.1) is 0 Å². The van der Waals surface area contributed by atoms with Gasteiger partial charge in [-0.25, -0.2) is 0 Å². The van der Waals surface area contributed by atoms with E-state index >= 15 is 0 Å². The molecular weight excluding hydrogens is 325 g/mol. The molecule has 0 aromatic heterocycles. The minimum absolute atomic E-state index is 0.0301. The molecule has 0 spiro atoms. The Hall–Kier alpha value is 0.510. The second kappa shape index (κ2) is 7.73. The maximum Gasteiger partial charge on any atom is 0.309 e. The Labute approximate surface area is 109 Å². The number of carbonyl (C=O) groups is 1. The number of esters is 1. The van der Waals surface area contributed by atoms with Gasteiger partial charge in [0.1, 0.15) is 6.61 Å². The van der Waals surface area contributed by atoms with Crippen LogP contribution in [-0.4, -0.2) is 53.0 Å². The van der Waals surface area contributed by atoms with Crippen LogP contribution in [0.2, 0.25) is 0 Å². The highest BCUT2D eigenvalue weighted by atomic mass is 127. The van der Waals surface area contributed by atoms with Crippen LogP contribution in [0.4, 0.5) is 0 Å². The second-order valence-electron chi connectivity index (χ2n) is 3.68. The van der Waals surface area contributed by atoms with E-state index in [9.17, 15) is 4.79 Å². The molecule has 1 heterocycles.